The van der Waals surface area contributed by atoms with Gasteiger partial charge < -0.3 is 4.74 Å². The standard InChI is InChI=1S/C21H20N6O2S/c28-20(12-15-7-9-16(10-8-15)27-14-22-24-25-27)26(13-17-4-3-11-29-17)21-23-18-5-1-2-6-19(18)30-21/h1-2,5-10,14,17H,3-4,11-13H2. The van der Waals surface area contributed by atoms with E-state index < -0.39 is 0 Å². The fourth-order valence-electron chi connectivity index (χ4n) is 3.57. The number of tetrazole rings is 1. The van der Waals surface area contributed by atoms with Gasteiger partial charge in [0.25, 0.3) is 0 Å². The average Bonchev–Trinajstić information content (AvgIpc) is 3.54. The minimum Gasteiger partial charge on any atom is -0.376 e. The fraction of sp³-hybridized carbons (Fsp3) is 0.286. The molecule has 30 heavy (non-hydrogen) atoms. The van der Waals surface area contributed by atoms with Gasteiger partial charge in [-0.15, -0.1) is 5.10 Å². The fourth-order valence-corrected chi connectivity index (χ4v) is 4.56. The van der Waals surface area contributed by atoms with Crippen LogP contribution in [0.25, 0.3) is 15.9 Å². The Morgan fingerprint density at radius 1 is 1.20 bits per heavy atom. The second-order valence-electron chi connectivity index (χ2n) is 7.20. The number of anilines is 1. The van der Waals surface area contributed by atoms with Gasteiger partial charge in [0.05, 0.1) is 35.0 Å². The predicted molar refractivity (Wildman–Crippen MR) is 114 cm³/mol. The number of para-hydroxylation sites is 1. The molecule has 1 saturated heterocycles. The van der Waals surface area contributed by atoms with Gasteiger partial charge in [0.15, 0.2) is 5.13 Å². The van der Waals surface area contributed by atoms with Gasteiger partial charge in [-0.3, -0.25) is 9.69 Å². The molecule has 5 rings (SSSR count). The lowest BCUT2D eigenvalue weighted by Crippen LogP contribution is -2.38. The summed E-state index contributed by atoms with van der Waals surface area (Å²) in [5.74, 6) is 0.0136. The SMILES string of the molecule is O=C(Cc1ccc(-n2cnnn2)cc1)N(CC1CCCO1)c1nc2ccccc2s1. The quantitative estimate of drug-likeness (QED) is 0.477. The maximum Gasteiger partial charge on any atom is 0.233 e. The van der Waals surface area contributed by atoms with Crippen LogP contribution in [-0.4, -0.2) is 50.4 Å². The van der Waals surface area contributed by atoms with Crippen LogP contribution in [0.4, 0.5) is 5.13 Å². The minimum absolute atomic E-state index is 0.0136. The van der Waals surface area contributed by atoms with Crippen molar-refractivity contribution in [1.29, 1.82) is 0 Å². The molecule has 0 radical (unpaired) electrons. The molecular weight excluding hydrogens is 400 g/mol. The van der Waals surface area contributed by atoms with Crippen LogP contribution in [0.1, 0.15) is 18.4 Å². The zero-order valence-electron chi connectivity index (χ0n) is 16.2. The number of hydrogen-bond donors (Lipinski definition) is 0. The highest BCUT2D eigenvalue weighted by atomic mass is 32.1. The normalized spacial score (nSPS) is 16.2. The molecule has 0 bridgehead atoms. The number of ether oxygens (including phenoxy) is 1. The number of aromatic nitrogens is 5. The van der Waals surface area contributed by atoms with E-state index in [1.54, 1.807) is 20.9 Å². The van der Waals surface area contributed by atoms with E-state index in [9.17, 15) is 4.79 Å². The number of carbonyl (C=O) groups is 1. The maximum atomic E-state index is 13.3. The van der Waals surface area contributed by atoms with E-state index in [0.717, 1.165) is 46.0 Å². The van der Waals surface area contributed by atoms with Crippen LogP contribution in [-0.2, 0) is 16.0 Å². The molecule has 2 aromatic heterocycles. The molecule has 1 aliphatic heterocycles. The smallest absolute Gasteiger partial charge is 0.233 e. The zero-order chi connectivity index (χ0) is 20.3. The second-order valence-corrected chi connectivity index (χ2v) is 8.21. The molecular formula is C21H20N6O2S. The summed E-state index contributed by atoms with van der Waals surface area (Å²) in [4.78, 5) is 19.8. The van der Waals surface area contributed by atoms with Crippen LogP contribution in [0.5, 0.6) is 0 Å². The third-order valence-electron chi connectivity index (χ3n) is 5.13. The molecule has 2 aromatic carbocycles. The van der Waals surface area contributed by atoms with Crippen LogP contribution in [0.15, 0.2) is 54.9 Å². The predicted octanol–water partition coefficient (Wildman–Crippen LogP) is 3.03. The van der Waals surface area contributed by atoms with E-state index in [1.807, 2.05) is 48.5 Å². The van der Waals surface area contributed by atoms with Crippen LogP contribution in [0.2, 0.25) is 0 Å². The molecule has 1 unspecified atom stereocenters. The summed E-state index contributed by atoms with van der Waals surface area (Å²) in [6.45, 7) is 1.28. The Labute approximate surface area is 177 Å². The topological polar surface area (TPSA) is 86.0 Å². The number of nitrogens with zero attached hydrogens (tertiary/aromatic N) is 6. The van der Waals surface area contributed by atoms with E-state index >= 15 is 0 Å². The summed E-state index contributed by atoms with van der Waals surface area (Å²) in [5, 5.41) is 11.9. The molecule has 0 aliphatic carbocycles. The number of benzene rings is 2. The Morgan fingerprint density at radius 3 is 2.80 bits per heavy atom. The van der Waals surface area contributed by atoms with Crippen molar-refractivity contribution in [1.82, 2.24) is 25.2 Å². The van der Waals surface area contributed by atoms with Crippen LogP contribution in [0, 0.1) is 0 Å². The highest BCUT2D eigenvalue weighted by molar-refractivity contribution is 7.22. The van der Waals surface area contributed by atoms with Crippen molar-refractivity contribution in [3.8, 4) is 5.69 Å². The van der Waals surface area contributed by atoms with E-state index in [-0.39, 0.29) is 12.0 Å². The van der Waals surface area contributed by atoms with Gasteiger partial charge in [-0.2, -0.15) is 0 Å². The molecule has 1 amide bonds. The molecule has 8 nitrogen and oxygen atoms in total. The summed E-state index contributed by atoms with van der Waals surface area (Å²) in [6.07, 6.45) is 3.89. The maximum absolute atomic E-state index is 13.3. The average molecular weight is 420 g/mol. The summed E-state index contributed by atoms with van der Waals surface area (Å²) in [7, 11) is 0. The zero-order valence-corrected chi connectivity index (χ0v) is 17.0. The molecule has 1 fully saturated rings. The second kappa shape index (κ2) is 8.29. The number of rotatable bonds is 6. The molecule has 0 spiro atoms. The molecule has 3 heterocycles. The van der Waals surface area contributed by atoms with Gasteiger partial charge in [-0.05, 0) is 53.1 Å². The summed E-state index contributed by atoms with van der Waals surface area (Å²) >= 11 is 1.54. The van der Waals surface area contributed by atoms with Crippen molar-refractivity contribution >= 4 is 32.6 Å². The molecule has 152 valence electrons. The monoisotopic (exact) mass is 420 g/mol. The number of thiazole rings is 1. The van der Waals surface area contributed by atoms with Gasteiger partial charge in [-0.1, -0.05) is 35.6 Å². The number of carbonyl (C=O) groups excluding carboxylic acids is 1. The van der Waals surface area contributed by atoms with Crippen LogP contribution < -0.4 is 4.90 Å². The highest BCUT2D eigenvalue weighted by Gasteiger charge is 2.26. The lowest BCUT2D eigenvalue weighted by Gasteiger charge is -2.23. The van der Waals surface area contributed by atoms with E-state index in [2.05, 4.69) is 15.5 Å². The first-order valence-electron chi connectivity index (χ1n) is 9.86. The molecule has 0 N–H and O–H groups in total. The number of fused-ring (bicyclic) bond motifs is 1. The first-order valence-corrected chi connectivity index (χ1v) is 10.7. The van der Waals surface area contributed by atoms with Crippen molar-refractivity contribution < 1.29 is 9.53 Å². The third-order valence-corrected chi connectivity index (χ3v) is 6.19. The summed E-state index contributed by atoms with van der Waals surface area (Å²) in [5.41, 5.74) is 2.68. The lowest BCUT2D eigenvalue weighted by molar-refractivity contribution is -0.118. The molecule has 1 atom stereocenters. The van der Waals surface area contributed by atoms with E-state index in [1.165, 1.54) is 6.33 Å². The van der Waals surface area contributed by atoms with Crippen molar-refractivity contribution in [2.24, 2.45) is 0 Å². The lowest BCUT2D eigenvalue weighted by atomic mass is 10.1. The highest BCUT2D eigenvalue weighted by Crippen LogP contribution is 2.30. The van der Waals surface area contributed by atoms with Crippen molar-refractivity contribution in [2.45, 2.75) is 25.4 Å². The summed E-state index contributed by atoms with van der Waals surface area (Å²) in [6, 6.07) is 15.6. The summed E-state index contributed by atoms with van der Waals surface area (Å²) < 4.78 is 8.45. The van der Waals surface area contributed by atoms with Crippen molar-refractivity contribution in [3.05, 3.63) is 60.4 Å². The number of hydrogen-bond acceptors (Lipinski definition) is 7. The van der Waals surface area contributed by atoms with Gasteiger partial charge in [-0.25, -0.2) is 9.67 Å². The third kappa shape index (κ3) is 3.94. The Balaban J connectivity index is 1.38. The Hall–Kier alpha value is -3.17. The Kier molecular flexibility index (Phi) is 5.20. The molecule has 4 aromatic rings. The van der Waals surface area contributed by atoms with Crippen LogP contribution in [0.3, 0.4) is 0 Å². The van der Waals surface area contributed by atoms with E-state index in [4.69, 9.17) is 9.72 Å². The van der Waals surface area contributed by atoms with Crippen molar-refractivity contribution in [3.63, 3.8) is 0 Å². The van der Waals surface area contributed by atoms with Gasteiger partial charge >= 0.3 is 0 Å². The molecule has 0 saturated carbocycles. The van der Waals surface area contributed by atoms with E-state index in [0.29, 0.717) is 13.0 Å². The van der Waals surface area contributed by atoms with Gasteiger partial charge in [0.1, 0.15) is 6.33 Å². The van der Waals surface area contributed by atoms with Gasteiger partial charge in [0.2, 0.25) is 5.91 Å². The first kappa shape index (κ1) is 18.8. The Morgan fingerprint density at radius 2 is 2.07 bits per heavy atom. The largest absolute Gasteiger partial charge is 0.376 e. The minimum atomic E-state index is 0.0136. The number of amides is 1. The molecule has 1 aliphatic rings. The van der Waals surface area contributed by atoms with Gasteiger partial charge in [0, 0.05) is 6.61 Å². The molecule has 9 heteroatoms. The Bertz CT molecular complexity index is 1100. The first-order chi connectivity index (χ1) is 14.8. The van der Waals surface area contributed by atoms with Crippen molar-refractivity contribution in [2.75, 3.05) is 18.1 Å². The van der Waals surface area contributed by atoms with Crippen LogP contribution >= 0.6 is 11.3 Å².